The second-order valence-electron chi connectivity index (χ2n) is 5.47. The van der Waals surface area contributed by atoms with Gasteiger partial charge in [-0.05, 0) is 25.0 Å². The topological polar surface area (TPSA) is 71.8 Å². The summed E-state index contributed by atoms with van der Waals surface area (Å²) in [6, 6.07) is 9.03. The average molecular weight is 269 g/mol. The number of aromatic nitrogens is 2. The number of nitrogens with one attached hydrogen (secondary N) is 1. The van der Waals surface area contributed by atoms with Crippen molar-refractivity contribution in [2.24, 2.45) is 0 Å². The van der Waals surface area contributed by atoms with E-state index in [0.29, 0.717) is 11.6 Å². The minimum atomic E-state index is -0.0765. The average Bonchev–Trinajstić information content (AvgIpc) is 2.48. The predicted molar refractivity (Wildman–Crippen MR) is 80.5 cm³/mol. The molecule has 0 bridgehead atoms. The van der Waals surface area contributed by atoms with Crippen LogP contribution in [0.1, 0.15) is 43.8 Å². The molecule has 0 saturated heterocycles. The zero-order valence-corrected chi connectivity index (χ0v) is 11.4. The van der Waals surface area contributed by atoms with E-state index in [0.717, 1.165) is 29.9 Å². The molecule has 3 N–H and O–H groups in total. The highest BCUT2D eigenvalue weighted by molar-refractivity contribution is 5.61. The summed E-state index contributed by atoms with van der Waals surface area (Å²) in [4.78, 5) is 19.4. The lowest BCUT2D eigenvalue weighted by Crippen LogP contribution is -2.16. The molecule has 1 fully saturated rings. The minimum Gasteiger partial charge on any atom is -0.399 e. The first-order valence-corrected chi connectivity index (χ1v) is 7.19. The Bertz CT molecular complexity index is 640. The van der Waals surface area contributed by atoms with Crippen LogP contribution in [0.5, 0.6) is 0 Å². The van der Waals surface area contributed by atoms with Gasteiger partial charge in [0.1, 0.15) is 5.82 Å². The molecule has 4 nitrogen and oxygen atoms in total. The molecule has 0 aliphatic heterocycles. The maximum Gasteiger partial charge on any atom is 0.251 e. The molecule has 0 amide bonds. The highest BCUT2D eigenvalue weighted by atomic mass is 16.1. The largest absolute Gasteiger partial charge is 0.399 e. The molecule has 1 aromatic carbocycles. The molecule has 20 heavy (non-hydrogen) atoms. The zero-order chi connectivity index (χ0) is 13.9. The van der Waals surface area contributed by atoms with Crippen LogP contribution in [-0.2, 0) is 0 Å². The Balaban J connectivity index is 1.97. The summed E-state index contributed by atoms with van der Waals surface area (Å²) in [5.41, 5.74) is 7.99. The van der Waals surface area contributed by atoms with Crippen molar-refractivity contribution in [1.29, 1.82) is 0 Å². The van der Waals surface area contributed by atoms with Crippen molar-refractivity contribution in [3.05, 3.63) is 46.5 Å². The molecule has 0 atom stereocenters. The second-order valence-corrected chi connectivity index (χ2v) is 5.47. The Morgan fingerprint density at radius 3 is 2.50 bits per heavy atom. The summed E-state index contributed by atoms with van der Waals surface area (Å²) in [5, 5.41) is 0. The highest BCUT2D eigenvalue weighted by Crippen LogP contribution is 2.30. The van der Waals surface area contributed by atoms with Gasteiger partial charge in [0.15, 0.2) is 0 Å². The van der Waals surface area contributed by atoms with Gasteiger partial charge in [0.05, 0.1) is 5.69 Å². The molecule has 1 aromatic heterocycles. The summed E-state index contributed by atoms with van der Waals surface area (Å²) in [7, 11) is 0. The zero-order valence-electron chi connectivity index (χ0n) is 11.4. The number of hydrogen-bond donors (Lipinski definition) is 2. The van der Waals surface area contributed by atoms with Crippen LogP contribution < -0.4 is 11.3 Å². The monoisotopic (exact) mass is 269 g/mol. The van der Waals surface area contributed by atoms with E-state index in [1.165, 1.54) is 19.3 Å². The highest BCUT2D eigenvalue weighted by Gasteiger charge is 2.18. The van der Waals surface area contributed by atoms with E-state index < -0.39 is 0 Å². The van der Waals surface area contributed by atoms with E-state index in [2.05, 4.69) is 9.97 Å². The van der Waals surface area contributed by atoms with Gasteiger partial charge >= 0.3 is 0 Å². The number of rotatable bonds is 2. The Labute approximate surface area is 118 Å². The molecule has 0 radical (unpaired) electrons. The number of H-pyrrole nitrogens is 1. The third-order valence-electron chi connectivity index (χ3n) is 3.96. The van der Waals surface area contributed by atoms with Crippen LogP contribution in [0.2, 0.25) is 0 Å². The van der Waals surface area contributed by atoms with Gasteiger partial charge in [-0.1, -0.05) is 31.4 Å². The van der Waals surface area contributed by atoms with E-state index >= 15 is 0 Å². The lowest BCUT2D eigenvalue weighted by molar-refractivity contribution is 0.428. The molecule has 1 saturated carbocycles. The van der Waals surface area contributed by atoms with Crippen molar-refractivity contribution in [1.82, 2.24) is 9.97 Å². The van der Waals surface area contributed by atoms with Crippen molar-refractivity contribution in [3.63, 3.8) is 0 Å². The Kier molecular flexibility index (Phi) is 3.54. The van der Waals surface area contributed by atoms with Gasteiger partial charge < -0.3 is 10.7 Å². The summed E-state index contributed by atoms with van der Waals surface area (Å²) < 4.78 is 0. The number of nitrogens with zero attached hydrogens (tertiary/aromatic N) is 1. The number of nitrogen functional groups attached to an aromatic ring is 1. The number of hydrogen-bond acceptors (Lipinski definition) is 3. The van der Waals surface area contributed by atoms with E-state index in [1.54, 1.807) is 6.07 Å². The molecule has 4 heteroatoms. The summed E-state index contributed by atoms with van der Waals surface area (Å²) >= 11 is 0. The molecule has 1 aliphatic carbocycles. The van der Waals surface area contributed by atoms with Crippen LogP contribution in [0.3, 0.4) is 0 Å². The van der Waals surface area contributed by atoms with Gasteiger partial charge in [-0.2, -0.15) is 0 Å². The van der Waals surface area contributed by atoms with E-state index in [9.17, 15) is 4.79 Å². The molecule has 2 aromatic rings. The van der Waals surface area contributed by atoms with Gasteiger partial charge in [0.2, 0.25) is 0 Å². The van der Waals surface area contributed by atoms with Crippen molar-refractivity contribution >= 4 is 5.69 Å². The maximum absolute atomic E-state index is 11.9. The summed E-state index contributed by atoms with van der Waals surface area (Å²) in [6.07, 6.45) is 5.97. The van der Waals surface area contributed by atoms with Crippen LogP contribution in [0.4, 0.5) is 5.69 Å². The first-order valence-electron chi connectivity index (χ1n) is 7.19. The number of anilines is 1. The fourth-order valence-corrected chi connectivity index (χ4v) is 2.85. The lowest BCUT2D eigenvalue weighted by atomic mass is 9.88. The van der Waals surface area contributed by atoms with Crippen molar-refractivity contribution in [2.45, 2.75) is 38.0 Å². The summed E-state index contributed by atoms with van der Waals surface area (Å²) in [5.74, 6) is 1.23. The SMILES string of the molecule is Nc1ccc(-c2cc(=O)[nH]c(C3CCCCC3)n2)cc1. The second kappa shape index (κ2) is 5.49. The third kappa shape index (κ3) is 2.74. The predicted octanol–water partition coefficient (Wildman–Crippen LogP) is 3.07. The Morgan fingerprint density at radius 2 is 1.80 bits per heavy atom. The molecule has 3 rings (SSSR count). The quantitative estimate of drug-likeness (QED) is 0.823. The molecule has 0 unspecified atom stereocenters. The van der Waals surface area contributed by atoms with Crippen molar-refractivity contribution < 1.29 is 0 Å². The molecule has 1 aliphatic rings. The smallest absolute Gasteiger partial charge is 0.251 e. The Morgan fingerprint density at radius 1 is 1.10 bits per heavy atom. The Hall–Kier alpha value is -2.10. The van der Waals surface area contributed by atoms with Gasteiger partial charge in [-0.25, -0.2) is 4.98 Å². The van der Waals surface area contributed by atoms with Crippen LogP contribution in [0.15, 0.2) is 35.1 Å². The molecule has 104 valence electrons. The van der Waals surface area contributed by atoms with Crippen LogP contribution in [0, 0.1) is 0 Å². The standard InChI is InChI=1S/C16H19N3O/c17-13-8-6-11(7-9-13)14-10-15(20)19-16(18-14)12-4-2-1-3-5-12/h6-10,12H,1-5,17H2,(H,18,19,20). The van der Waals surface area contributed by atoms with Gasteiger partial charge in [-0.3, -0.25) is 4.79 Å². The van der Waals surface area contributed by atoms with Crippen LogP contribution in [-0.4, -0.2) is 9.97 Å². The van der Waals surface area contributed by atoms with Gasteiger partial charge in [0, 0.05) is 23.2 Å². The molecule has 1 heterocycles. The van der Waals surface area contributed by atoms with E-state index in [-0.39, 0.29) is 5.56 Å². The van der Waals surface area contributed by atoms with E-state index in [4.69, 9.17) is 5.73 Å². The fraction of sp³-hybridized carbons (Fsp3) is 0.375. The number of nitrogens with two attached hydrogens (primary N) is 1. The van der Waals surface area contributed by atoms with Crippen LogP contribution >= 0.6 is 0 Å². The van der Waals surface area contributed by atoms with Crippen LogP contribution in [0.25, 0.3) is 11.3 Å². The van der Waals surface area contributed by atoms with E-state index in [1.807, 2.05) is 24.3 Å². The van der Waals surface area contributed by atoms with Gasteiger partial charge in [-0.15, -0.1) is 0 Å². The van der Waals surface area contributed by atoms with Crippen molar-refractivity contribution in [3.8, 4) is 11.3 Å². The van der Waals surface area contributed by atoms with Gasteiger partial charge in [0.25, 0.3) is 5.56 Å². The first-order chi connectivity index (χ1) is 9.72. The molecular formula is C16H19N3O. The fourth-order valence-electron chi connectivity index (χ4n) is 2.85. The normalized spacial score (nSPS) is 16.2. The maximum atomic E-state index is 11.9. The minimum absolute atomic E-state index is 0.0765. The molecular weight excluding hydrogens is 250 g/mol. The third-order valence-corrected chi connectivity index (χ3v) is 3.96. The van der Waals surface area contributed by atoms with Crippen molar-refractivity contribution in [2.75, 3.05) is 5.73 Å². The number of aromatic amines is 1. The first kappa shape index (κ1) is 12.9. The number of benzene rings is 1. The lowest BCUT2D eigenvalue weighted by Gasteiger charge is -2.20. The molecule has 0 spiro atoms. The summed E-state index contributed by atoms with van der Waals surface area (Å²) in [6.45, 7) is 0.